The van der Waals surface area contributed by atoms with Crippen LogP contribution >= 0.6 is 0 Å². The Morgan fingerprint density at radius 1 is 1.38 bits per heavy atom. The van der Waals surface area contributed by atoms with Crippen molar-refractivity contribution in [2.24, 2.45) is 7.05 Å². The molecule has 0 unspecified atom stereocenters. The number of pyridine rings is 1. The van der Waals surface area contributed by atoms with Crippen LogP contribution in [0.5, 0.6) is 0 Å². The first kappa shape index (κ1) is 13.4. The molecule has 108 valence electrons. The maximum Gasteiger partial charge on any atom is 0.225 e. The van der Waals surface area contributed by atoms with E-state index in [0.29, 0.717) is 18.7 Å². The monoisotopic (exact) mass is 283 g/mol. The molecule has 0 atom stereocenters. The molecule has 0 aromatic carbocycles. The number of imidazole rings is 1. The van der Waals surface area contributed by atoms with Gasteiger partial charge < -0.3 is 9.72 Å². The molecule has 6 nitrogen and oxygen atoms in total. The van der Waals surface area contributed by atoms with Crippen LogP contribution in [0.4, 0.5) is 5.82 Å². The molecular formula is C15H17N5O. The van der Waals surface area contributed by atoms with E-state index in [4.69, 9.17) is 0 Å². The van der Waals surface area contributed by atoms with E-state index in [1.165, 1.54) is 0 Å². The molecule has 0 radical (unpaired) electrons. The average molecular weight is 283 g/mol. The van der Waals surface area contributed by atoms with Gasteiger partial charge in [-0.25, -0.2) is 4.98 Å². The van der Waals surface area contributed by atoms with Crippen LogP contribution in [-0.2, 0) is 18.3 Å². The van der Waals surface area contributed by atoms with Crippen LogP contribution < -0.4 is 5.32 Å². The summed E-state index contributed by atoms with van der Waals surface area (Å²) in [5, 5.41) is 6.97. The molecule has 6 heteroatoms. The maximum atomic E-state index is 12.0. The Morgan fingerprint density at radius 2 is 2.24 bits per heavy atom. The van der Waals surface area contributed by atoms with Crippen molar-refractivity contribution in [1.29, 1.82) is 0 Å². The van der Waals surface area contributed by atoms with Crippen LogP contribution in [0.1, 0.15) is 17.7 Å². The summed E-state index contributed by atoms with van der Waals surface area (Å²) in [6, 6.07) is 5.78. The van der Waals surface area contributed by atoms with Crippen molar-refractivity contribution in [3.8, 4) is 0 Å². The summed E-state index contributed by atoms with van der Waals surface area (Å²) in [6.07, 6.45) is 6.72. The second-order valence-corrected chi connectivity index (χ2v) is 5.05. The minimum Gasteiger partial charge on any atom is -0.309 e. The summed E-state index contributed by atoms with van der Waals surface area (Å²) in [5.74, 6) is 0.586. The molecule has 0 saturated carbocycles. The maximum absolute atomic E-state index is 12.0. The molecule has 1 amide bonds. The smallest absolute Gasteiger partial charge is 0.225 e. The molecule has 1 N–H and O–H groups in total. The third kappa shape index (κ3) is 2.79. The number of hydrogen-bond acceptors (Lipinski definition) is 3. The van der Waals surface area contributed by atoms with Gasteiger partial charge in [-0.3, -0.25) is 9.48 Å². The van der Waals surface area contributed by atoms with Gasteiger partial charge in [-0.05, 0) is 31.0 Å². The highest BCUT2D eigenvalue weighted by molar-refractivity contribution is 5.90. The van der Waals surface area contributed by atoms with Gasteiger partial charge in [0.2, 0.25) is 5.91 Å². The number of nitrogens with zero attached hydrogens (tertiary/aromatic N) is 4. The van der Waals surface area contributed by atoms with E-state index in [0.717, 1.165) is 16.9 Å². The Kier molecular flexibility index (Phi) is 3.43. The average Bonchev–Trinajstić information content (AvgIpc) is 3.02. The van der Waals surface area contributed by atoms with Gasteiger partial charge in [0.25, 0.3) is 0 Å². The molecule has 0 bridgehead atoms. The molecule has 21 heavy (non-hydrogen) atoms. The lowest BCUT2D eigenvalue weighted by molar-refractivity contribution is -0.116. The largest absolute Gasteiger partial charge is 0.309 e. The van der Waals surface area contributed by atoms with E-state index >= 15 is 0 Å². The Labute approximate surface area is 122 Å². The van der Waals surface area contributed by atoms with Crippen molar-refractivity contribution < 1.29 is 4.79 Å². The Balaban J connectivity index is 1.67. The Bertz CT molecular complexity index is 786. The van der Waals surface area contributed by atoms with E-state index in [1.807, 2.05) is 49.0 Å². The fourth-order valence-electron chi connectivity index (χ4n) is 2.29. The summed E-state index contributed by atoms with van der Waals surface area (Å²) >= 11 is 0. The zero-order valence-corrected chi connectivity index (χ0v) is 12.1. The summed E-state index contributed by atoms with van der Waals surface area (Å²) in [7, 11) is 1.86. The zero-order valence-electron chi connectivity index (χ0n) is 12.1. The van der Waals surface area contributed by atoms with Crippen molar-refractivity contribution in [3.05, 3.63) is 48.0 Å². The molecule has 0 fully saturated rings. The Morgan fingerprint density at radius 3 is 2.95 bits per heavy atom. The summed E-state index contributed by atoms with van der Waals surface area (Å²) in [5.41, 5.74) is 2.82. The van der Waals surface area contributed by atoms with E-state index in [-0.39, 0.29) is 5.91 Å². The van der Waals surface area contributed by atoms with Crippen LogP contribution in [-0.4, -0.2) is 25.1 Å². The highest BCUT2D eigenvalue weighted by atomic mass is 16.1. The van der Waals surface area contributed by atoms with Crippen molar-refractivity contribution in [2.75, 3.05) is 5.32 Å². The Hall–Kier alpha value is -2.63. The van der Waals surface area contributed by atoms with Gasteiger partial charge in [0.05, 0.1) is 11.9 Å². The predicted molar refractivity (Wildman–Crippen MR) is 80.1 cm³/mol. The zero-order chi connectivity index (χ0) is 14.8. The molecule has 0 spiro atoms. The standard InChI is InChI=1S/C15H17N5O/c1-11-15(17-13-5-3-4-8-20(11)13)18-14(21)7-6-12-9-16-19(2)10-12/h3-5,8-10H,6-7H2,1-2H3,(H,18,21). The number of aromatic nitrogens is 4. The van der Waals surface area contributed by atoms with Gasteiger partial charge in [-0.2, -0.15) is 5.10 Å². The number of nitrogens with one attached hydrogen (secondary N) is 1. The van der Waals surface area contributed by atoms with Crippen LogP contribution in [0.15, 0.2) is 36.8 Å². The summed E-state index contributed by atoms with van der Waals surface area (Å²) in [4.78, 5) is 16.5. The van der Waals surface area contributed by atoms with Gasteiger partial charge in [0.1, 0.15) is 5.65 Å². The molecule has 3 aromatic rings. The first-order chi connectivity index (χ1) is 10.1. The SMILES string of the molecule is Cc1c(NC(=O)CCc2cnn(C)c2)nc2ccccn12. The minimum absolute atomic E-state index is 0.0367. The van der Waals surface area contributed by atoms with Crippen LogP contribution in [0.2, 0.25) is 0 Å². The highest BCUT2D eigenvalue weighted by Crippen LogP contribution is 2.16. The van der Waals surface area contributed by atoms with E-state index in [2.05, 4.69) is 15.4 Å². The summed E-state index contributed by atoms with van der Waals surface area (Å²) < 4.78 is 3.69. The fraction of sp³-hybridized carbons (Fsp3) is 0.267. The number of fused-ring (bicyclic) bond motifs is 1. The van der Waals surface area contributed by atoms with Crippen LogP contribution in [0.25, 0.3) is 5.65 Å². The third-order valence-electron chi connectivity index (χ3n) is 3.43. The number of anilines is 1. The fourth-order valence-corrected chi connectivity index (χ4v) is 2.29. The van der Waals surface area contributed by atoms with Crippen LogP contribution in [0.3, 0.4) is 0 Å². The van der Waals surface area contributed by atoms with Gasteiger partial charge >= 0.3 is 0 Å². The van der Waals surface area contributed by atoms with E-state index in [1.54, 1.807) is 10.9 Å². The quantitative estimate of drug-likeness (QED) is 0.796. The minimum atomic E-state index is -0.0367. The van der Waals surface area contributed by atoms with Gasteiger partial charge in [-0.15, -0.1) is 0 Å². The first-order valence-electron chi connectivity index (χ1n) is 6.84. The lowest BCUT2D eigenvalue weighted by Gasteiger charge is -2.02. The van der Waals surface area contributed by atoms with Crippen LogP contribution in [0, 0.1) is 6.92 Å². The molecule has 3 rings (SSSR count). The number of hydrogen-bond donors (Lipinski definition) is 1. The van der Waals surface area contributed by atoms with E-state index < -0.39 is 0 Å². The molecule has 0 aliphatic rings. The normalized spacial score (nSPS) is 11.0. The second-order valence-electron chi connectivity index (χ2n) is 5.05. The van der Waals surface area contributed by atoms with Crippen molar-refractivity contribution in [3.63, 3.8) is 0 Å². The molecule has 0 aliphatic carbocycles. The number of rotatable bonds is 4. The lowest BCUT2D eigenvalue weighted by Crippen LogP contribution is -2.13. The molecule has 3 aromatic heterocycles. The summed E-state index contributed by atoms with van der Waals surface area (Å²) in [6.45, 7) is 1.94. The number of carbonyl (C=O) groups excluding carboxylic acids is 1. The number of aryl methyl sites for hydroxylation is 3. The first-order valence-corrected chi connectivity index (χ1v) is 6.84. The van der Waals surface area contributed by atoms with Gasteiger partial charge in [-0.1, -0.05) is 6.07 Å². The predicted octanol–water partition coefficient (Wildman–Crippen LogP) is 1.95. The van der Waals surface area contributed by atoms with Gasteiger partial charge in [0.15, 0.2) is 5.82 Å². The van der Waals surface area contributed by atoms with Crippen molar-refractivity contribution in [2.45, 2.75) is 19.8 Å². The van der Waals surface area contributed by atoms with E-state index in [9.17, 15) is 4.79 Å². The second kappa shape index (κ2) is 5.40. The topological polar surface area (TPSA) is 64.2 Å². The molecule has 0 saturated heterocycles. The lowest BCUT2D eigenvalue weighted by atomic mass is 10.2. The highest BCUT2D eigenvalue weighted by Gasteiger charge is 2.11. The number of carbonyl (C=O) groups is 1. The molecule has 3 heterocycles. The number of amides is 1. The van der Waals surface area contributed by atoms with Gasteiger partial charge in [0, 0.05) is 25.9 Å². The molecular weight excluding hydrogens is 266 g/mol. The van der Waals surface area contributed by atoms with Crippen molar-refractivity contribution in [1.82, 2.24) is 19.2 Å². The van der Waals surface area contributed by atoms with Crippen molar-refractivity contribution >= 4 is 17.4 Å². The third-order valence-corrected chi connectivity index (χ3v) is 3.43. The molecule has 0 aliphatic heterocycles.